The van der Waals surface area contributed by atoms with Crippen molar-refractivity contribution in [1.29, 1.82) is 0 Å². The summed E-state index contributed by atoms with van der Waals surface area (Å²) in [6.07, 6.45) is 31.6. The summed E-state index contributed by atoms with van der Waals surface area (Å²) in [7, 11) is -13.6. The molecule has 4 N–H and O–H groups in total. The van der Waals surface area contributed by atoms with Crippen molar-refractivity contribution in [1.82, 2.24) is 0 Å². The average molecular weight is 2150 g/mol. The van der Waals surface area contributed by atoms with Gasteiger partial charge in [-0.3, -0.25) is 9.11 Å². The van der Waals surface area contributed by atoms with Gasteiger partial charge >= 0.3 is 11.9 Å². The molecule has 29 heteroatoms. The molecule has 0 saturated heterocycles. The van der Waals surface area contributed by atoms with E-state index in [9.17, 15) is 67.1 Å². The number of carboxylic acids is 2. The molecule has 0 bridgehead atoms. The van der Waals surface area contributed by atoms with Gasteiger partial charge in [0.2, 0.25) is 17.1 Å². The van der Waals surface area contributed by atoms with E-state index in [0.717, 1.165) is 19.3 Å². The fourth-order valence-electron chi connectivity index (χ4n) is 15.4. The molecule has 5 unspecified atom stereocenters. The van der Waals surface area contributed by atoms with Gasteiger partial charge in [-0.1, -0.05) is 144 Å². The number of allylic oxidation sites excluding steroid dienone is 11. The number of carboxylic acid groups (broad SMARTS) is 2. The van der Waals surface area contributed by atoms with Gasteiger partial charge in [0.1, 0.15) is 40.4 Å². The van der Waals surface area contributed by atoms with Crippen LogP contribution in [0.5, 0.6) is 0 Å². The van der Waals surface area contributed by atoms with E-state index in [0.29, 0.717) is 86.0 Å². The third-order valence-electron chi connectivity index (χ3n) is 21.1. The van der Waals surface area contributed by atoms with Gasteiger partial charge in [-0.25, -0.2) is 26.4 Å². The van der Waals surface area contributed by atoms with E-state index in [1.54, 1.807) is 11.5 Å². The lowest BCUT2D eigenvalue weighted by molar-refractivity contribution is -0.473. The summed E-state index contributed by atoms with van der Waals surface area (Å²) in [4.78, 5) is 25.9. The summed E-state index contributed by atoms with van der Waals surface area (Å²) in [6.45, 7) is 18.5. The van der Waals surface area contributed by atoms with Crippen molar-refractivity contribution >= 4 is 183 Å². The van der Waals surface area contributed by atoms with Gasteiger partial charge in [0.15, 0.2) is 17.1 Å². The Kier molecular flexibility index (Phi) is 34.3. The first-order valence-electron chi connectivity index (χ1n) is 36.1. The lowest BCUT2D eigenvalue weighted by atomic mass is 9.73. The van der Waals surface area contributed by atoms with Crippen LogP contribution in [0.25, 0.3) is 0 Å². The molecular weight excluding hydrogens is 2050 g/mol. The maximum atomic E-state index is 12.8. The summed E-state index contributed by atoms with van der Waals surface area (Å²) in [5.74, 6) is -2.84. The Morgan fingerprint density at radius 1 is 0.564 bits per heavy atom. The molecule has 4 aliphatic rings. The number of unbranched alkanes of at least 4 members (excludes halogenated alkanes) is 4. The molecule has 5 aromatic rings. The predicted molar refractivity (Wildman–Crippen MR) is 464 cm³/mol. The highest BCUT2D eigenvalue weighted by molar-refractivity contribution is 14.1. The number of fused-ring (bicyclic) bond motifs is 4. The molecule has 0 aromatic heterocycles. The highest BCUT2D eigenvalue weighted by Crippen LogP contribution is 2.53. The van der Waals surface area contributed by atoms with Gasteiger partial charge in [0.05, 0.1) is 48.7 Å². The van der Waals surface area contributed by atoms with Crippen molar-refractivity contribution in [3.63, 3.8) is 0 Å². The summed E-state index contributed by atoms with van der Waals surface area (Å²) in [5, 5.41) is 20.3. The van der Waals surface area contributed by atoms with Crippen LogP contribution in [-0.4, -0.2) is 149 Å². The van der Waals surface area contributed by atoms with Crippen molar-refractivity contribution in [2.75, 3.05) is 30.5 Å². The number of nitrogens with zero attached hydrogens (tertiary/aromatic N) is 4. The maximum Gasteiger partial charge on any atom is 0.373 e. The Balaban J connectivity index is 0.000000274. The second-order valence-electron chi connectivity index (χ2n) is 29.3. The number of hydrogen-bond acceptors (Lipinski definition) is 13. The molecule has 5 aromatic carbocycles. The van der Waals surface area contributed by atoms with Crippen molar-refractivity contribution in [3.05, 3.63) is 206 Å². The van der Waals surface area contributed by atoms with Gasteiger partial charge in [-0.05, 0) is 230 Å². The molecule has 4 heterocycles. The third-order valence-corrected chi connectivity index (χ3v) is 27.3. The van der Waals surface area contributed by atoms with E-state index in [2.05, 4.69) is 238 Å². The molecule has 4 aliphatic heterocycles. The van der Waals surface area contributed by atoms with E-state index < -0.39 is 103 Å². The molecule has 110 heavy (non-hydrogen) atoms. The number of halogens is 5. The molecule has 0 radical (unpaired) electrons. The molecule has 0 aliphatic carbocycles. The van der Waals surface area contributed by atoms with Crippen LogP contribution in [0.1, 0.15) is 174 Å². The Bertz CT molecular complexity index is 5010. The van der Waals surface area contributed by atoms with Crippen LogP contribution in [-0.2, 0) is 78.1 Å². The second kappa shape index (κ2) is 40.0. The first kappa shape index (κ1) is 94.4. The van der Waals surface area contributed by atoms with Gasteiger partial charge in [-0.2, -0.15) is 30.6 Å². The van der Waals surface area contributed by atoms with Gasteiger partial charge in [-0.15, -0.1) is 0 Å². The van der Waals surface area contributed by atoms with Crippen LogP contribution in [0.2, 0.25) is 0 Å². The van der Waals surface area contributed by atoms with Crippen molar-refractivity contribution in [3.8, 4) is 0 Å². The number of benzene rings is 5. The number of aliphatic carboxylic acids is 2. The van der Waals surface area contributed by atoms with Gasteiger partial charge in [0, 0.05) is 80.7 Å². The van der Waals surface area contributed by atoms with Crippen LogP contribution < -0.4 is 28.9 Å². The Hall–Kier alpha value is -4.42. The first-order valence-corrected chi connectivity index (χ1v) is 46.5. The average Bonchev–Trinajstić information content (AvgIpc) is 1.58. The Morgan fingerprint density at radius 3 is 1.50 bits per heavy atom. The standard InChI is InChI=1S/C37H46I2N2O8S2.C24H24I2N.C20H29NO8S2.HI/c1-6-7-15-30(35(42)43)41-29-19-18-26(51(47,48)49)24-27(29)37(4,20-13-14-21-50(44,45)46)33(41)17-12-10-8-9-11-16-32-36(2,3)34-28(39)22-25(38)23-31(34)40(32)5;1-24(2)22(27(3)21-17-19(25)16-20(26)23(21)24)15-11-6-4-5-8-12-18-13-9-7-10-14-18;1-4-5-8-18(19(22)23)21-14(2)20(3,11-6-7-12-30(24,25)26)16-13-15(31(27,28)29)9-10-17(16)21;/h8-12,16,18-19,22-24,30,33H,6-7,13-15,17,20-21H2,1-5H3,(H2-,42,43,44,45,46,47,48,49);4-11,13-17H,12H2,1-3H3;9-10,13,18H,4-8,11-12H2,1-3H3,(H2-,22,23,24,25,26,27,28,29);1H/q;+1;;/p-1/b9-8+,12-10+,16-11+;6-4+,8-5+,15-11+;;. The minimum absolute atomic E-state index is 0. The van der Waals surface area contributed by atoms with E-state index in [-0.39, 0.29) is 47.6 Å². The van der Waals surface area contributed by atoms with Gasteiger partial charge < -0.3 is 48.2 Å². The molecule has 0 amide bonds. The Morgan fingerprint density at radius 2 is 1.03 bits per heavy atom. The fraction of sp³-hybridized carbons (Fsp3) is 0.420. The smallest absolute Gasteiger partial charge is 0.373 e. The molecular formula is C81H99I5N4O16S4. The van der Waals surface area contributed by atoms with E-state index >= 15 is 0 Å². The molecule has 5 atom stereocenters. The largest absolute Gasteiger partial charge is 1.00 e. The van der Waals surface area contributed by atoms with E-state index in [1.807, 2.05) is 63.0 Å². The van der Waals surface area contributed by atoms with Crippen LogP contribution in [0.3, 0.4) is 0 Å². The zero-order chi connectivity index (χ0) is 81.0. The molecule has 598 valence electrons. The number of rotatable bonds is 32. The lowest BCUT2D eigenvalue weighted by Gasteiger charge is -2.39. The quantitative estimate of drug-likeness (QED) is 0.0102. The molecule has 9 rings (SSSR count). The highest BCUT2D eigenvalue weighted by Gasteiger charge is 2.53. The number of hydrogen-bond donors (Lipinski definition) is 4. The van der Waals surface area contributed by atoms with Crippen LogP contribution in [0, 0.1) is 14.3 Å². The summed E-state index contributed by atoms with van der Waals surface area (Å²) < 4.78 is 146. The summed E-state index contributed by atoms with van der Waals surface area (Å²) >= 11 is 9.62. The zero-order valence-corrected chi connectivity index (χ0v) is 77.7. The van der Waals surface area contributed by atoms with E-state index in [4.69, 9.17) is 4.55 Å². The van der Waals surface area contributed by atoms with Crippen molar-refractivity contribution in [2.45, 2.75) is 202 Å². The number of anilines is 1. The summed E-state index contributed by atoms with van der Waals surface area (Å²) in [6, 6.07) is 25.3. The maximum absolute atomic E-state index is 12.8. The second-order valence-corrected chi connectivity index (χ2v) is 40.1. The minimum atomic E-state index is -4.80. The molecule has 20 nitrogen and oxygen atoms in total. The molecule has 0 spiro atoms. The van der Waals surface area contributed by atoms with Crippen LogP contribution >= 0.6 is 90.4 Å². The van der Waals surface area contributed by atoms with Gasteiger partial charge in [0.25, 0.3) is 26.3 Å². The lowest BCUT2D eigenvalue weighted by Crippen LogP contribution is -3.00. The molecule has 0 saturated carbocycles. The first-order chi connectivity index (χ1) is 50.9. The van der Waals surface area contributed by atoms with Crippen LogP contribution in [0.4, 0.5) is 22.7 Å². The minimum Gasteiger partial charge on any atom is -1.00 e. The van der Waals surface area contributed by atoms with Crippen LogP contribution in [0.15, 0.2) is 174 Å². The topological polar surface area (TPSA) is 310 Å². The summed E-state index contributed by atoms with van der Waals surface area (Å²) in [5.41, 5.74) is 10.1. The third kappa shape index (κ3) is 23.5. The Labute approximate surface area is 722 Å². The number of carbonyl (C=O) groups is 2. The van der Waals surface area contributed by atoms with Crippen molar-refractivity contribution < 1.29 is 109 Å². The predicted octanol–water partition coefficient (Wildman–Crippen LogP) is 14.2. The highest BCUT2D eigenvalue weighted by atomic mass is 127. The molecule has 0 fully saturated rings. The monoisotopic (exact) mass is 2150 g/mol. The SMILES string of the molecule is CCCCC(C(=O)O)N1c2ccc(S(=O)(=O)[O-])cc2C(C)(CCCCS(=O)(=O)O)C1C/C=C/C=C/C=C/C1=[N+](C)c2cc(I)cc(I)c2C1(C)C.CCCCC(C(=O)O)[N+]1=C(C)C(C)(CCCCS(=O)(=O)O)c2cc(S(=O)(=O)[O-])ccc21.C[N+]1=C(/C=C/C=C/C=C/Cc2ccccc2)C(C)(C)c2c(I)cc(I)cc21.[I-]. The normalized spacial score (nSPS) is 19.3. The fourth-order valence-corrected chi connectivity index (χ4v) is 22.6. The zero-order valence-electron chi connectivity index (χ0n) is 63.6. The van der Waals surface area contributed by atoms with E-state index in [1.165, 1.54) is 90.2 Å². The van der Waals surface area contributed by atoms with Crippen molar-refractivity contribution in [2.24, 2.45) is 0 Å².